The molecule has 1 rings (SSSR count). The highest BCUT2D eigenvalue weighted by atomic mass is 16.6. The minimum absolute atomic E-state index is 0.0761. The van der Waals surface area contributed by atoms with E-state index in [1.165, 1.54) is 4.68 Å². The molecule has 0 amide bonds. The Morgan fingerprint density at radius 1 is 1.47 bits per heavy atom. The van der Waals surface area contributed by atoms with Crippen LogP contribution in [0.3, 0.4) is 0 Å². The zero-order chi connectivity index (χ0) is 14.6. The Morgan fingerprint density at radius 3 is 2.58 bits per heavy atom. The van der Waals surface area contributed by atoms with Crippen molar-refractivity contribution in [3.63, 3.8) is 0 Å². The fraction of sp³-hybridized carbons (Fsp3) is 0.769. The van der Waals surface area contributed by atoms with Gasteiger partial charge in [0.15, 0.2) is 0 Å². The number of hydrogen-bond acceptors (Lipinski definition) is 4. The van der Waals surface area contributed by atoms with Gasteiger partial charge in [0.05, 0.1) is 11.0 Å². The highest BCUT2D eigenvalue weighted by molar-refractivity contribution is 5.41. The second kappa shape index (κ2) is 6.65. The lowest BCUT2D eigenvalue weighted by atomic mass is 10.0. The number of hydrogen-bond donors (Lipinski definition) is 1. The Balaban J connectivity index is 3.01. The van der Waals surface area contributed by atoms with Crippen LogP contribution < -0.4 is 0 Å². The largest absolute Gasteiger partial charge is 0.393 e. The summed E-state index contributed by atoms with van der Waals surface area (Å²) in [6.45, 7) is 6.00. The molecule has 1 heterocycles. The van der Waals surface area contributed by atoms with Gasteiger partial charge in [-0.25, -0.2) is 0 Å². The van der Waals surface area contributed by atoms with Gasteiger partial charge < -0.3 is 5.11 Å². The molecule has 1 aromatic rings. The molecule has 1 unspecified atom stereocenters. The van der Waals surface area contributed by atoms with Crippen molar-refractivity contribution in [3.05, 3.63) is 21.5 Å². The third-order valence-corrected chi connectivity index (χ3v) is 3.05. The summed E-state index contributed by atoms with van der Waals surface area (Å²) in [4.78, 5) is 10.8. The normalized spacial score (nSPS) is 12.9. The van der Waals surface area contributed by atoms with E-state index in [1.54, 1.807) is 7.05 Å². The Morgan fingerprint density at radius 2 is 2.11 bits per heavy atom. The lowest BCUT2D eigenvalue weighted by Gasteiger charge is -2.12. The lowest BCUT2D eigenvalue weighted by molar-refractivity contribution is -0.386. The molecule has 19 heavy (non-hydrogen) atoms. The summed E-state index contributed by atoms with van der Waals surface area (Å²) in [6.07, 6.45) is 1.74. The third-order valence-electron chi connectivity index (χ3n) is 3.05. The van der Waals surface area contributed by atoms with Gasteiger partial charge in [-0.3, -0.25) is 14.8 Å². The van der Waals surface area contributed by atoms with Crippen LogP contribution in [0.5, 0.6) is 0 Å². The molecule has 108 valence electrons. The number of aliphatic hydroxyl groups is 1. The summed E-state index contributed by atoms with van der Waals surface area (Å²) < 4.78 is 1.53. The summed E-state index contributed by atoms with van der Waals surface area (Å²) in [7, 11) is 1.70. The topological polar surface area (TPSA) is 81.2 Å². The molecule has 0 bridgehead atoms. The van der Waals surface area contributed by atoms with Crippen LogP contribution in [0, 0.1) is 16.0 Å². The van der Waals surface area contributed by atoms with Crippen molar-refractivity contribution in [2.75, 3.05) is 0 Å². The number of nitrogens with zero attached hydrogens (tertiary/aromatic N) is 3. The second-order valence-electron chi connectivity index (χ2n) is 5.36. The fourth-order valence-electron chi connectivity index (χ4n) is 2.30. The van der Waals surface area contributed by atoms with Crippen molar-refractivity contribution in [2.24, 2.45) is 13.0 Å². The van der Waals surface area contributed by atoms with Gasteiger partial charge >= 0.3 is 5.69 Å². The van der Waals surface area contributed by atoms with Gasteiger partial charge in [0.25, 0.3) is 0 Å². The Kier molecular flexibility index (Phi) is 5.47. The van der Waals surface area contributed by atoms with Gasteiger partial charge in [-0.1, -0.05) is 27.2 Å². The SMILES string of the molecule is CCCc1nn(C)c(CC(O)CC(C)C)c1[N+](=O)[O-]. The van der Waals surface area contributed by atoms with E-state index in [-0.39, 0.29) is 17.0 Å². The molecule has 0 aromatic carbocycles. The first-order chi connectivity index (χ1) is 8.86. The van der Waals surface area contributed by atoms with E-state index in [9.17, 15) is 15.2 Å². The fourth-order valence-corrected chi connectivity index (χ4v) is 2.30. The number of aryl methyl sites for hydroxylation is 2. The smallest absolute Gasteiger partial charge is 0.313 e. The average molecular weight is 269 g/mol. The van der Waals surface area contributed by atoms with E-state index in [2.05, 4.69) is 5.10 Å². The molecule has 1 N–H and O–H groups in total. The molecule has 1 atom stereocenters. The maximum atomic E-state index is 11.2. The maximum absolute atomic E-state index is 11.2. The lowest BCUT2D eigenvalue weighted by Crippen LogP contribution is -2.16. The van der Waals surface area contributed by atoms with Crippen LogP contribution in [0.1, 0.15) is 45.0 Å². The zero-order valence-electron chi connectivity index (χ0n) is 12.1. The van der Waals surface area contributed by atoms with E-state index in [1.807, 2.05) is 20.8 Å². The molecule has 0 radical (unpaired) electrons. The van der Waals surface area contributed by atoms with Crippen LogP contribution in [0.2, 0.25) is 0 Å². The molecule has 0 aliphatic carbocycles. The first-order valence-electron chi connectivity index (χ1n) is 6.74. The second-order valence-corrected chi connectivity index (χ2v) is 5.36. The molecular weight excluding hydrogens is 246 g/mol. The Hall–Kier alpha value is -1.43. The van der Waals surface area contributed by atoms with Crippen LogP contribution in [-0.2, 0) is 19.9 Å². The number of rotatable bonds is 7. The van der Waals surface area contributed by atoms with Crippen LogP contribution in [0.4, 0.5) is 5.69 Å². The van der Waals surface area contributed by atoms with Crippen molar-refractivity contribution in [3.8, 4) is 0 Å². The molecule has 0 saturated carbocycles. The van der Waals surface area contributed by atoms with Gasteiger partial charge in [0.1, 0.15) is 11.4 Å². The molecule has 0 spiro atoms. The van der Waals surface area contributed by atoms with Crippen molar-refractivity contribution in [1.82, 2.24) is 9.78 Å². The zero-order valence-corrected chi connectivity index (χ0v) is 12.1. The summed E-state index contributed by atoms with van der Waals surface area (Å²) in [6, 6.07) is 0. The van der Waals surface area contributed by atoms with Crippen molar-refractivity contribution < 1.29 is 10.0 Å². The Bertz CT molecular complexity index is 441. The van der Waals surface area contributed by atoms with Gasteiger partial charge in [-0.15, -0.1) is 0 Å². The summed E-state index contributed by atoms with van der Waals surface area (Å²) in [5.74, 6) is 0.359. The number of aliphatic hydroxyl groups excluding tert-OH is 1. The van der Waals surface area contributed by atoms with E-state index in [4.69, 9.17) is 0 Å². The summed E-state index contributed by atoms with van der Waals surface area (Å²) >= 11 is 0. The number of nitro groups is 1. The minimum Gasteiger partial charge on any atom is -0.393 e. The predicted molar refractivity (Wildman–Crippen MR) is 73.0 cm³/mol. The molecule has 0 saturated heterocycles. The van der Waals surface area contributed by atoms with Crippen LogP contribution >= 0.6 is 0 Å². The molecule has 0 aliphatic heterocycles. The van der Waals surface area contributed by atoms with Crippen molar-refractivity contribution in [2.45, 2.75) is 52.6 Å². The minimum atomic E-state index is -0.566. The maximum Gasteiger partial charge on any atom is 0.313 e. The van der Waals surface area contributed by atoms with E-state index in [0.717, 1.165) is 6.42 Å². The van der Waals surface area contributed by atoms with Gasteiger partial charge in [-0.05, 0) is 18.8 Å². The van der Waals surface area contributed by atoms with Gasteiger partial charge in [0.2, 0.25) is 0 Å². The molecule has 0 fully saturated rings. The van der Waals surface area contributed by atoms with Crippen molar-refractivity contribution in [1.29, 1.82) is 0 Å². The van der Waals surface area contributed by atoms with Gasteiger partial charge in [-0.2, -0.15) is 5.10 Å². The van der Waals surface area contributed by atoms with Crippen LogP contribution in [0.15, 0.2) is 0 Å². The first-order valence-corrected chi connectivity index (χ1v) is 6.74. The Labute approximate surface area is 113 Å². The van der Waals surface area contributed by atoms with Crippen molar-refractivity contribution >= 4 is 5.69 Å². The highest BCUT2D eigenvalue weighted by Crippen LogP contribution is 2.26. The first kappa shape index (κ1) is 15.6. The monoisotopic (exact) mass is 269 g/mol. The highest BCUT2D eigenvalue weighted by Gasteiger charge is 2.27. The van der Waals surface area contributed by atoms with Crippen LogP contribution in [-0.4, -0.2) is 25.9 Å². The van der Waals surface area contributed by atoms with Gasteiger partial charge in [0, 0.05) is 13.5 Å². The standard InChI is InChI=1S/C13H23N3O3/c1-5-6-11-13(16(18)19)12(15(4)14-11)8-10(17)7-9(2)3/h9-10,17H,5-8H2,1-4H3. The summed E-state index contributed by atoms with van der Waals surface area (Å²) in [5, 5.41) is 25.4. The van der Waals surface area contributed by atoms with E-state index in [0.29, 0.717) is 30.1 Å². The average Bonchev–Trinajstić information content (AvgIpc) is 2.54. The van der Waals surface area contributed by atoms with E-state index >= 15 is 0 Å². The molecule has 1 aromatic heterocycles. The predicted octanol–water partition coefficient (Wildman–Crippen LogP) is 2.23. The third kappa shape index (κ3) is 4.02. The number of aromatic nitrogens is 2. The van der Waals surface area contributed by atoms with Crippen LogP contribution in [0.25, 0.3) is 0 Å². The molecular formula is C13H23N3O3. The van der Waals surface area contributed by atoms with E-state index < -0.39 is 6.10 Å². The molecule has 0 aliphatic rings. The molecule has 6 heteroatoms. The quantitative estimate of drug-likeness (QED) is 0.608. The summed E-state index contributed by atoms with van der Waals surface area (Å²) in [5.41, 5.74) is 1.11. The molecule has 6 nitrogen and oxygen atoms in total.